The third kappa shape index (κ3) is 26.4. The molecule has 5 aliphatic rings. The molecular formula is C119H129F3N20O8. The van der Waals surface area contributed by atoms with Gasteiger partial charge in [-0.3, -0.25) is 43.3 Å². The molecule has 0 spiro atoms. The Bertz CT molecular complexity index is 7290. The number of likely N-dealkylation sites (tertiary alicyclic amines) is 1. The normalized spacial score (nSPS) is 14.7. The maximum atomic E-state index is 15.3. The number of benzene rings is 8. The van der Waals surface area contributed by atoms with E-state index in [0.29, 0.717) is 95.6 Å². The molecule has 5 fully saturated rings. The lowest BCUT2D eigenvalue weighted by Crippen LogP contribution is -2.48. The summed E-state index contributed by atoms with van der Waals surface area (Å²) in [6, 6.07) is 72.5. The van der Waals surface area contributed by atoms with Crippen LogP contribution in [0.15, 0.2) is 283 Å². The summed E-state index contributed by atoms with van der Waals surface area (Å²) in [5.74, 6) is -0.713. The van der Waals surface area contributed by atoms with Gasteiger partial charge in [-0.15, -0.1) is 0 Å². The molecule has 0 radical (unpaired) electrons. The highest BCUT2D eigenvalue weighted by Gasteiger charge is 2.41. The number of halogens is 3. The Balaban J connectivity index is 0.000000136. The fourth-order valence-electron chi connectivity index (χ4n) is 19.5. The lowest BCUT2D eigenvalue weighted by Gasteiger charge is -2.37. The van der Waals surface area contributed by atoms with Crippen molar-refractivity contribution in [2.45, 2.75) is 207 Å². The zero-order valence-corrected chi connectivity index (χ0v) is 85.7. The van der Waals surface area contributed by atoms with Crippen molar-refractivity contribution in [3.05, 3.63) is 407 Å². The standard InChI is InChI=1S/C33H36FN5O2.2C29H30FN5O2.C28H33N5O2/c1-21(2)31(40)37-33(15-14-24-10-11-24,26-8-6-16-35-20-26)25-12-13-28(34)29(19-25)36-32(41)30-18-23(4)38-39(30)27-9-5-7-22(3)17-27;2*1-19-15-27(35(33-19)23-6-4-5-21(16-23)18-31)29(37)32-25-17-22(11-12-24(25)30)26(13-10-20-8-9-20)34-14-3-2-7-28(34)36;1-19-15-26(33(31-19)24-8-2-5-21(16-24)18-29)28(35)30-23-7-3-6-22(17-23)25(13-12-20-10-11-20)32-14-4-9-27(32)34/h5-9,12-13,16-21,24H,10-11,14-15H2,1-4H3,(H,36,41)(H,37,40);2*2-7,11-12,14-17,20,26H,8-10,13,18,31H2,1H3,(H,32,37);2-3,5-8,15-17,20,25H,4,9-14,18,29H2,1H3,(H,30,35). The SMILES string of the molecule is Cc1cc(C(=O)Nc2cc(C(CCC3CC3)n3ccccc3=O)ccc2F)n(-c2cccc(CN)c2)n1.Cc1cc(C(=O)Nc2cc(C(CCC3CC3)n3ccccc3=O)ccc2F)n(-c2cccc(CN)c2)n1.Cc1cc(C(=O)Nc2cccc(C(CCC3CC3)N3CCCC3=O)c2)n(-c2cccc(CN)c2)n1.Cc1cccc(-n2nc(C)cc2C(=O)Nc2cc(C(CCC3CC3)(NC(=O)C(C)C)c3cccnc3)ccc2F)c1. The molecule has 4 atom stereocenters. The molecule has 11 N–H and O–H groups in total. The van der Waals surface area contributed by atoms with Crippen molar-refractivity contribution in [1.82, 2.24) is 63.5 Å². The second-order valence-corrected chi connectivity index (χ2v) is 40.4. The molecule has 774 valence electrons. The van der Waals surface area contributed by atoms with Crippen LogP contribution >= 0.6 is 0 Å². The van der Waals surface area contributed by atoms with Gasteiger partial charge in [-0.05, 0) is 300 Å². The van der Waals surface area contributed by atoms with Crippen molar-refractivity contribution in [3.63, 3.8) is 0 Å². The number of hydrogen-bond acceptors (Lipinski definition) is 16. The Morgan fingerprint density at radius 3 is 1.20 bits per heavy atom. The number of amides is 6. The van der Waals surface area contributed by atoms with E-state index in [4.69, 9.17) is 17.2 Å². The number of nitrogens with zero attached hydrogens (tertiary/aromatic N) is 12. The predicted octanol–water partition coefficient (Wildman–Crippen LogP) is 21.2. The summed E-state index contributed by atoms with van der Waals surface area (Å²) >= 11 is 0. The van der Waals surface area contributed by atoms with Crippen LogP contribution in [0.4, 0.5) is 35.9 Å². The molecule has 1 saturated heterocycles. The van der Waals surface area contributed by atoms with Gasteiger partial charge in [0.15, 0.2) is 0 Å². The first-order valence-corrected chi connectivity index (χ1v) is 51.9. The lowest BCUT2D eigenvalue weighted by molar-refractivity contribution is -0.130. The van der Waals surface area contributed by atoms with Gasteiger partial charge >= 0.3 is 0 Å². The summed E-state index contributed by atoms with van der Waals surface area (Å²) in [5.41, 5.74) is 32.0. The minimum atomic E-state index is -0.939. The van der Waals surface area contributed by atoms with Crippen LogP contribution in [0.1, 0.15) is 262 Å². The highest BCUT2D eigenvalue weighted by Crippen LogP contribution is 2.45. The Hall–Kier alpha value is -15.9. The Kier molecular flexibility index (Phi) is 33.7. The Morgan fingerprint density at radius 1 is 0.400 bits per heavy atom. The fourth-order valence-corrected chi connectivity index (χ4v) is 19.5. The number of carbonyl (C=O) groups excluding carboxylic acids is 6. The topological polar surface area (TPSA) is 372 Å². The molecule has 7 aromatic heterocycles. The maximum Gasteiger partial charge on any atom is 0.274 e. The molecule has 8 heterocycles. The second-order valence-electron chi connectivity index (χ2n) is 40.4. The van der Waals surface area contributed by atoms with Crippen LogP contribution in [0.5, 0.6) is 0 Å². The second kappa shape index (κ2) is 48.0. The number of aromatic nitrogens is 11. The van der Waals surface area contributed by atoms with E-state index in [1.807, 2.05) is 179 Å². The first kappa shape index (κ1) is 105. The summed E-state index contributed by atoms with van der Waals surface area (Å²) in [7, 11) is 0. The summed E-state index contributed by atoms with van der Waals surface area (Å²) < 4.78 is 54.8. The van der Waals surface area contributed by atoms with E-state index in [-0.39, 0.29) is 81.3 Å². The quantitative estimate of drug-likeness (QED) is 0.0179. The number of carbonyl (C=O) groups is 6. The number of anilines is 4. The van der Waals surface area contributed by atoms with Gasteiger partial charge in [0.25, 0.3) is 34.7 Å². The summed E-state index contributed by atoms with van der Waals surface area (Å²) in [5, 5.41) is 32.6. The monoisotopic (exact) mass is 2020 g/mol. The average molecular weight is 2020 g/mol. The summed E-state index contributed by atoms with van der Waals surface area (Å²) in [4.78, 5) is 111. The van der Waals surface area contributed by atoms with Crippen LogP contribution in [0.2, 0.25) is 0 Å². The van der Waals surface area contributed by atoms with Crippen molar-refractivity contribution in [2.75, 3.05) is 27.8 Å². The van der Waals surface area contributed by atoms with Crippen molar-refractivity contribution >= 4 is 58.2 Å². The van der Waals surface area contributed by atoms with Crippen LogP contribution in [0.25, 0.3) is 22.7 Å². The van der Waals surface area contributed by atoms with Crippen LogP contribution in [0, 0.1) is 81.7 Å². The van der Waals surface area contributed by atoms with Crippen molar-refractivity contribution < 1.29 is 41.9 Å². The predicted molar refractivity (Wildman–Crippen MR) is 576 cm³/mol. The molecule has 20 rings (SSSR count). The number of nitrogens with one attached hydrogen (secondary N) is 5. The maximum absolute atomic E-state index is 15.3. The number of aryl methyl sites for hydroxylation is 5. The molecule has 8 aromatic carbocycles. The molecule has 1 aliphatic heterocycles. The smallest absolute Gasteiger partial charge is 0.274 e. The van der Waals surface area contributed by atoms with Crippen LogP contribution in [-0.2, 0) is 34.8 Å². The van der Waals surface area contributed by atoms with E-state index in [1.165, 1.54) is 91.1 Å². The fraction of sp³-hybridized carbons (Fsp3) is 0.319. The largest absolute Gasteiger partial charge is 0.342 e. The summed E-state index contributed by atoms with van der Waals surface area (Å²) in [6.45, 7) is 14.9. The molecule has 31 heteroatoms. The van der Waals surface area contributed by atoms with E-state index in [2.05, 4.69) is 58.0 Å². The summed E-state index contributed by atoms with van der Waals surface area (Å²) in [6.07, 6.45) is 25.4. The number of pyridine rings is 3. The van der Waals surface area contributed by atoms with Crippen molar-refractivity contribution in [1.29, 1.82) is 0 Å². The number of nitrogens with two attached hydrogens (primary N) is 3. The van der Waals surface area contributed by atoms with E-state index in [9.17, 15) is 47.1 Å². The highest BCUT2D eigenvalue weighted by atomic mass is 19.1. The molecule has 28 nitrogen and oxygen atoms in total. The molecule has 6 amide bonds. The molecule has 4 unspecified atom stereocenters. The molecule has 0 bridgehead atoms. The minimum Gasteiger partial charge on any atom is -0.342 e. The van der Waals surface area contributed by atoms with Gasteiger partial charge in [-0.1, -0.05) is 162 Å². The minimum absolute atomic E-state index is 0.0284. The average Bonchev–Trinajstić information content (AvgIpc) is 1.43. The zero-order valence-electron chi connectivity index (χ0n) is 85.7. The highest BCUT2D eigenvalue weighted by molar-refractivity contribution is 6.06. The van der Waals surface area contributed by atoms with Crippen LogP contribution in [0.3, 0.4) is 0 Å². The zero-order chi connectivity index (χ0) is 105. The van der Waals surface area contributed by atoms with Gasteiger partial charge in [-0.2, -0.15) is 20.4 Å². The van der Waals surface area contributed by atoms with Gasteiger partial charge in [0, 0.05) is 86.7 Å². The first-order valence-electron chi connectivity index (χ1n) is 51.9. The third-order valence-electron chi connectivity index (χ3n) is 28.3. The molecule has 4 aliphatic carbocycles. The lowest BCUT2D eigenvalue weighted by atomic mass is 9.78. The molecule has 150 heavy (non-hydrogen) atoms. The van der Waals surface area contributed by atoms with E-state index >= 15 is 4.39 Å². The number of rotatable bonds is 37. The van der Waals surface area contributed by atoms with Gasteiger partial charge in [-0.25, -0.2) is 31.9 Å². The third-order valence-corrected chi connectivity index (χ3v) is 28.3. The Labute approximate surface area is 870 Å². The Morgan fingerprint density at radius 2 is 0.800 bits per heavy atom. The molecular weight excluding hydrogens is 1890 g/mol. The van der Waals surface area contributed by atoms with Crippen molar-refractivity contribution in [3.8, 4) is 22.7 Å². The molecule has 15 aromatic rings. The van der Waals surface area contributed by atoms with Crippen LogP contribution in [-0.4, -0.2) is 100 Å². The van der Waals surface area contributed by atoms with Gasteiger partial charge in [0.1, 0.15) is 40.2 Å². The number of hydrogen-bond donors (Lipinski definition) is 8. The van der Waals surface area contributed by atoms with Gasteiger partial charge < -0.3 is 57.8 Å². The van der Waals surface area contributed by atoms with Gasteiger partial charge in [0.2, 0.25) is 11.8 Å². The molecule has 4 saturated carbocycles. The first-order chi connectivity index (χ1) is 72.5. The van der Waals surface area contributed by atoms with Crippen LogP contribution < -0.4 is 54.9 Å². The van der Waals surface area contributed by atoms with E-state index < -0.39 is 40.7 Å². The van der Waals surface area contributed by atoms with Gasteiger partial charge in [0.05, 0.1) is 86.3 Å². The van der Waals surface area contributed by atoms with E-state index in [0.717, 1.165) is 131 Å². The van der Waals surface area contributed by atoms with E-state index in [1.54, 1.807) is 130 Å². The van der Waals surface area contributed by atoms with Crippen molar-refractivity contribution in [2.24, 2.45) is 46.8 Å².